The molecule has 1 atom stereocenters. The van der Waals surface area contributed by atoms with Crippen LogP contribution in [0, 0.1) is 6.92 Å². The molecule has 0 spiro atoms. The second kappa shape index (κ2) is 10.2. The molecule has 0 saturated carbocycles. The number of aromatic nitrogens is 4. The second-order valence-corrected chi connectivity index (χ2v) is 9.50. The van der Waals surface area contributed by atoms with E-state index in [4.69, 9.17) is 0 Å². The number of hydrogen-bond acceptors (Lipinski definition) is 6. The Labute approximate surface area is 207 Å². The Morgan fingerprint density at radius 3 is 3.03 bits per heavy atom. The Morgan fingerprint density at radius 1 is 1.26 bits per heavy atom. The van der Waals surface area contributed by atoms with Crippen LogP contribution in [0.1, 0.15) is 52.5 Å². The van der Waals surface area contributed by atoms with Crippen molar-refractivity contribution in [2.75, 3.05) is 18.4 Å². The van der Waals surface area contributed by atoms with Gasteiger partial charge in [0.2, 0.25) is 0 Å². The average molecular weight is 490 g/mol. The zero-order valence-electron chi connectivity index (χ0n) is 19.5. The Balaban J connectivity index is 1.22. The number of hydrogen-bond donors (Lipinski definition) is 3. The maximum atomic E-state index is 13.2. The molecule has 9 nitrogen and oxygen atoms in total. The number of benzene rings is 1. The molecule has 3 N–H and O–H groups in total. The van der Waals surface area contributed by atoms with Crippen molar-refractivity contribution in [3.8, 4) is 0 Å². The van der Waals surface area contributed by atoms with Crippen LogP contribution in [0.15, 0.2) is 48.9 Å². The fourth-order valence-corrected chi connectivity index (χ4v) is 5.14. The number of likely N-dealkylation sites (tertiary alicyclic amines) is 1. The number of anilines is 1. The molecule has 1 aliphatic rings. The number of rotatable bonds is 6. The summed E-state index contributed by atoms with van der Waals surface area (Å²) in [6.07, 6.45) is 9.04. The van der Waals surface area contributed by atoms with E-state index in [9.17, 15) is 9.59 Å². The van der Waals surface area contributed by atoms with Gasteiger partial charge in [0, 0.05) is 54.1 Å². The summed E-state index contributed by atoms with van der Waals surface area (Å²) >= 11 is 1.00. The van der Waals surface area contributed by atoms with Crippen molar-refractivity contribution in [3.05, 3.63) is 71.3 Å². The summed E-state index contributed by atoms with van der Waals surface area (Å²) in [5.41, 5.74) is 4.55. The predicted octanol–water partition coefficient (Wildman–Crippen LogP) is 4.45. The number of fused-ring (bicyclic) bond motifs is 1. The van der Waals surface area contributed by atoms with Crippen molar-refractivity contribution in [2.24, 2.45) is 0 Å². The lowest BCUT2D eigenvalue weighted by molar-refractivity contribution is 0.0950. The van der Waals surface area contributed by atoms with Crippen LogP contribution in [0.4, 0.5) is 9.80 Å². The molecule has 0 aliphatic carbocycles. The van der Waals surface area contributed by atoms with E-state index in [1.54, 1.807) is 17.3 Å². The third kappa shape index (κ3) is 5.02. The molecule has 3 aromatic heterocycles. The van der Waals surface area contributed by atoms with Gasteiger partial charge in [-0.15, -0.1) is 5.10 Å². The van der Waals surface area contributed by atoms with E-state index >= 15 is 0 Å². The number of aromatic amines is 1. The number of nitrogens with zero attached hydrogens (tertiary/aromatic N) is 4. The van der Waals surface area contributed by atoms with Gasteiger partial charge in [0.1, 0.15) is 0 Å². The molecule has 180 valence electrons. The van der Waals surface area contributed by atoms with Gasteiger partial charge in [0.25, 0.3) is 5.91 Å². The number of aryl methyl sites for hydroxylation is 1. The first kappa shape index (κ1) is 23.0. The molecule has 3 amide bonds. The molecule has 0 radical (unpaired) electrons. The minimum Gasteiger partial charge on any atom is -0.361 e. The molecule has 0 bridgehead atoms. The van der Waals surface area contributed by atoms with Crippen LogP contribution in [0.3, 0.4) is 0 Å². The van der Waals surface area contributed by atoms with Crippen LogP contribution < -0.4 is 10.6 Å². The molecule has 1 saturated heterocycles. The summed E-state index contributed by atoms with van der Waals surface area (Å²) in [7, 11) is 0. The smallest absolute Gasteiger partial charge is 0.323 e. The van der Waals surface area contributed by atoms with Gasteiger partial charge in [0.15, 0.2) is 10.7 Å². The van der Waals surface area contributed by atoms with E-state index in [2.05, 4.69) is 55.3 Å². The van der Waals surface area contributed by atoms with Gasteiger partial charge in [0.05, 0.1) is 6.04 Å². The number of piperidine rings is 1. The Morgan fingerprint density at radius 2 is 2.17 bits per heavy atom. The molecule has 35 heavy (non-hydrogen) atoms. The lowest BCUT2D eigenvalue weighted by atomic mass is 9.97. The van der Waals surface area contributed by atoms with Crippen molar-refractivity contribution in [1.29, 1.82) is 0 Å². The largest absolute Gasteiger partial charge is 0.361 e. The highest BCUT2D eigenvalue weighted by molar-refractivity contribution is 7.10. The maximum Gasteiger partial charge on any atom is 0.323 e. The van der Waals surface area contributed by atoms with Crippen molar-refractivity contribution >= 4 is 39.4 Å². The van der Waals surface area contributed by atoms with Crippen LogP contribution in [-0.4, -0.2) is 49.5 Å². The fraction of sp³-hybridized carbons (Fsp3) is 0.320. The normalized spacial score (nSPS) is 15.8. The van der Waals surface area contributed by atoms with Crippen molar-refractivity contribution < 1.29 is 9.59 Å². The molecule has 5 rings (SSSR count). The Kier molecular flexibility index (Phi) is 6.71. The van der Waals surface area contributed by atoms with Gasteiger partial charge in [-0.1, -0.05) is 22.2 Å². The topological polar surface area (TPSA) is 116 Å². The summed E-state index contributed by atoms with van der Waals surface area (Å²) in [6, 6.07) is 9.84. The number of H-pyrrole nitrogens is 1. The highest BCUT2D eigenvalue weighted by Crippen LogP contribution is 2.31. The van der Waals surface area contributed by atoms with E-state index < -0.39 is 0 Å². The summed E-state index contributed by atoms with van der Waals surface area (Å²) in [5.74, 6) is -0.354. The molecular weight excluding hydrogens is 462 g/mol. The molecule has 1 aromatic carbocycles. The highest BCUT2D eigenvalue weighted by Gasteiger charge is 2.29. The summed E-state index contributed by atoms with van der Waals surface area (Å²) in [5, 5.41) is 11.3. The van der Waals surface area contributed by atoms with Crippen LogP contribution in [-0.2, 0) is 6.42 Å². The summed E-state index contributed by atoms with van der Waals surface area (Å²) in [6.45, 7) is 3.15. The summed E-state index contributed by atoms with van der Waals surface area (Å²) in [4.78, 5) is 35.3. The van der Waals surface area contributed by atoms with E-state index in [0.29, 0.717) is 24.5 Å². The van der Waals surface area contributed by atoms with Gasteiger partial charge in [-0.05, 0) is 61.9 Å². The lowest BCUT2D eigenvalue weighted by Crippen LogP contribution is -2.41. The minimum atomic E-state index is -0.354. The Hall–Kier alpha value is -3.79. The first-order valence-electron chi connectivity index (χ1n) is 11.7. The van der Waals surface area contributed by atoms with Gasteiger partial charge in [-0.3, -0.25) is 15.1 Å². The third-order valence-electron chi connectivity index (χ3n) is 6.36. The van der Waals surface area contributed by atoms with Crippen LogP contribution in [0.2, 0.25) is 0 Å². The molecule has 0 unspecified atom stereocenters. The third-order valence-corrected chi connectivity index (χ3v) is 7.00. The summed E-state index contributed by atoms with van der Waals surface area (Å²) < 4.78 is 3.91. The van der Waals surface area contributed by atoms with E-state index in [-0.39, 0.29) is 23.7 Å². The van der Waals surface area contributed by atoms with Gasteiger partial charge >= 0.3 is 6.03 Å². The number of carbonyl (C=O) groups excluding carboxylic acids is 2. The quantitative estimate of drug-likeness (QED) is 0.370. The van der Waals surface area contributed by atoms with Crippen molar-refractivity contribution in [3.63, 3.8) is 0 Å². The number of nitrogens with one attached hydrogen (secondary N) is 3. The SMILES string of the molecule is Cc1ccc2[nH]cc(CCNC(=O)c3nnsc3NC(=O)N3CCCC[C@H]3c3cccnc3)c2c1. The van der Waals surface area contributed by atoms with E-state index in [1.807, 2.05) is 18.3 Å². The van der Waals surface area contributed by atoms with Crippen molar-refractivity contribution in [1.82, 2.24) is 29.8 Å². The standard InChI is InChI=1S/C25H27N7O2S/c1-16-7-8-20-19(13-16)17(15-28-20)9-11-27-23(33)22-24(35-31-30-22)29-25(34)32-12-3-2-6-21(32)18-5-4-10-26-14-18/h4-5,7-8,10,13-15,21,28H,2-3,6,9,11-12H2,1H3,(H,27,33)(H,29,34)/t21-/m0/s1. The zero-order chi connectivity index (χ0) is 24.2. The first-order chi connectivity index (χ1) is 17.1. The van der Waals surface area contributed by atoms with Crippen LogP contribution >= 0.6 is 11.5 Å². The maximum absolute atomic E-state index is 13.2. The van der Waals surface area contributed by atoms with Crippen LogP contribution in [0.25, 0.3) is 10.9 Å². The molecule has 1 aliphatic heterocycles. The highest BCUT2D eigenvalue weighted by atomic mass is 32.1. The number of urea groups is 1. The van der Waals surface area contributed by atoms with Crippen molar-refractivity contribution in [2.45, 2.75) is 38.6 Å². The van der Waals surface area contributed by atoms with E-state index in [0.717, 1.165) is 52.8 Å². The fourth-order valence-electron chi connectivity index (χ4n) is 4.58. The zero-order valence-corrected chi connectivity index (χ0v) is 20.3. The monoisotopic (exact) mass is 489 g/mol. The Bertz CT molecular complexity index is 1330. The number of amides is 3. The number of carbonyl (C=O) groups is 2. The van der Waals surface area contributed by atoms with Gasteiger partial charge in [-0.25, -0.2) is 4.79 Å². The van der Waals surface area contributed by atoms with Crippen LogP contribution in [0.5, 0.6) is 0 Å². The van der Waals surface area contributed by atoms with Gasteiger partial charge in [-0.2, -0.15) is 0 Å². The average Bonchev–Trinajstić information content (AvgIpc) is 3.51. The van der Waals surface area contributed by atoms with Gasteiger partial charge < -0.3 is 15.2 Å². The number of pyridine rings is 1. The van der Waals surface area contributed by atoms with E-state index in [1.165, 1.54) is 5.56 Å². The molecular formula is C25H27N7O2S. The molecule has 1 fully saturated rings. The molecule has 4 heterocycles. The minimum absolute atomic E-state index is 0.0459. The lowest BCUT2D eigenvalue weighted by Gasteiger charge is -2.35. The molecule has 10 heteroatoms. The second-order valence-electron chi connectivity index (χ2n) is 8.74. The molecule has 4 aromatic rings. The first-order valence-corrected chi connectivity index (χ1v) is 12.5. The predicted molar refractivity (Wildman–Crippen MR) is 136 cm³/mol.